The second kappa shape index (κ2) is 7.74. The fourth-order valence-corrected chi connectivity index (χ4v) is 2.69. The van der Waals surface area contributed by atoms with Gasteiger partial charge in [-0.05, 0) is 13.0 Å². The molecule has 0 aromatic heterocycles. The van der Waals surface area contributed by atoms with Crippen molar-refractivity contribution in [2.45, 2.75) is 19.5 Å². The lowest BCUT2D eigenvalue weighted by atomic mass is 10.1. The first-order chi connectivity index (χ1) is 12.9. The number of aliphatic imine (C=N–C) groups is 2. The summed E-state index contributed by atoms with van der Waals surface area (Å²) in [7, 11) is 0. The van der Waals surface area contributed by atoms with E-state index in [1.807, 2.05) is 31.2 Å². The Balaban J connectivity index is 1.77. The molecule has 1 aliphatic heterocycles. The normalized spacial score (nSPS) is 16.3. The molecule has 2 aromatic rings. The van der Waals surface area contributed by atoms with Crippen LogP contribution < -0.4 is 11.1 Å². The highest BCUT2D eigenvalue weighted by molar-refractivity contribution is 6.14. The number of rotatable bonds is 5. The number of benzene rings is 2. The molecule has 7 heteroatoms. The third-order valence-electron chi connectivity index (χ3n) is 4.08. The Hall–Kier alpha value is -3.61. The number of hydrogen-bond donors (Lipinski definition) is 5. The van der Waals surface area contributed by atoms with E-state index in [2.05, 4.69) is 15.3 Å². The number of hydrogen-bond acceptors (Lipinski definition) is 6. The number of phenols is 1. The fourth-order valence-electron chi connectivity index (χ4n) is 2.69. The Morgan fingerprint density at radius 3 is 2.59 bits per heavy atom. The molecule has 0 bridgehead atoms. The van der Waals surface area contributed by atoms with Crippen molar-refractivity contribution in [3.8, 4) is 5.75 Å². The first-order valence-electron chi connectivity index (χ1n) is 8.41. The molecule has 0 aliphatic carbocycles. The molecule has 7 nitrogen and oxygen atoms in total. The number of allylic oxidation sites excluding steroid dienone is 1. The van der Waals surface area contributed by atoms with Crippen molar-refractivity contribution in [2.75, 3.05) is 5.32 Å². The SMILES string of the molecule is Cc1ccc(C2=NC=NC(Nc3ccc(CC(=N)N)c(O)c3)C=C2O)cc1. The second-order valence-electron chi connectivity index (χ2n) is 6.29. The summed E-state index contributed by atoms with van der Waals surface area (Å²) in [4.78, 5) is 8.51. The van der Waals surface area contributed by atoms with E-state index >= 15 is 0 Å². The maximum atomic E-state index is 10.4. The molecule has 0 spiro atoms. The standard InChI is InChI=1S/C20H21N5O2/c1-12-2-4-13(5-3-12)20-17(27)10-19(23-11-24-20)25-15-7-6-14(8-18(21)22)16(26)9-15/h2-7,9-11,19,25-27H,8H2,1H3,(H3,21,22). The van der Waals surface area contributed by atoms with Gasteiger partial charge in [-0.15, -0.1) is 0 Å². The molecule has 0 saturated heterocycles. The Kier molecular flexibility index (Phi) is 5.21. The zero-order valence-electron chi connectivity index (χ0n) is 14.8. The minimum atomic E-state index is -0.547. The third-order valence-corrected chi connectivity index (χ3v) is 4.08. The maximum absolute atomic E-state index is 10.4. The van der Waals surface area contributed by atoms with Gasteiger partial charge in [-0.2, -0.15) is 0 Å². The van der Waals surface area contributed by atoms with Gasteiger partial charge in [-0.1, -0.05) is 35.9 Å². The molecule has 27 heavy (non-hydrogen) atoms. The highest BCUT2D eigenvalue weighted by Crippen LogP contribution is 2.23. The lowest BCUT2D eigenvalue weighted by Crippen LogP contribution is -2.16. The van der Waals surface area contributed by atoms with Crippen LogP contribution >= 0.6 is 0 Å². The monoisotopic (exact) mass is 363 g/mol. The number of phenolic OH excluding ortho intramolecular Hbond substituents is 1. The fraction of sp³-hybridized carbons (Fsp3) is 0.150. The van der Waals surface area contributed by atoms with Gasteiger partial charge in [-0.25, -0.2) is 9.98 Å². The number of aryl methyl sites for hydroxylation is 1. The van der Waals surface area contributed by atoms with Gasteiger partial charge in [0.2, 0.25) is 0 Å². The molecule has 1 atom stereocenters. The van der Waals surface area contributed by atoms with Gasteiger partial charge < -0.3 is 21.3 Å². The van der Waals surface area contributed by atoms with Crippen molar-refractivity contribution in [3.63, 3.8) is 0 Å². The molecule has 1 aliphatic rings. The van der Waals surface area contributed by atoms with Crippen molar-refractivity contribution in [2.24, 2.45) is 15.7 Å². The van der Waals surface area contributed by atoms with E-state index in [9.17, 15) is 10.2 Å². The topological polar surface area (TPSA) is 127 Å². The Morgan fingerprint density at radius 1 is 1.19 bits per heavy atom. The molecular weight excluding hydrogens is 342 g/mol. The minimum absolute atomic E-state index is 0.0197. The zero-order chi connectivity index (χ0) is 19.4. The summed E-state index contributed by atoms with van der Waals surface area (Å²) in [6.45, 7) is 1.99. The summed E-state index contributed by atoms with van der Waals surface area (Å²) in [5, 5.41) is 30.9. The van der Waals surface area contributed by atoms with Crippen molar-refractivity contribution >= 4 is 23.6 Å². The predicted octanol–water partition coefficient (Wildman–Crippen LogP) is 2.89. The number of nitrogens with one attached hydrogen (secondary N) is 2. The van der Waals surface area contributed by atoms with E-state index in [0.29, 0.717) is 17.0 Å². The van der Waals surface area contributed by atoms with Crippen LogP contribution in [0.1, 0.15) is 16.7 Å². The molecule has 138 valence electrons. The smallest absolute Gasteiger partial charge is 0.143 e. The van der Waals surface area contributed by atoms with E-state index in [1.165, 1.54) is 12.4 Å². The minimum Gasteiger partial charge on any atom is -0.508 e. The largest absolute Gasteiger partial charge is 0.508 e. The van der Waals surface area contributed by atoms with Gasteiger partial charge in [0, 0.05) is 35.4 Å². The second-order valence-corrected chi connectivity index (χ2v) is 6.29. The van der Waals surface area contributed by atoms with Gasteiger partial charge in [0.15, 0.2) is 0 Å². The lowest BCUT2D eigenvalue weighted by molar-refractivity contribution is 0.440. The van der Waals surface area contributed by atoms with E-state index in [1.54, 1.807) is 18.2 Å². The number of amidine groups is 1. The van der Waals surface area contributed by atoms with E-state index in [4.69, 9.17) is 11.1 Å². The van der Waals surface area contributed by atoms with Gasteiger partial charge in [0.05, 0.1) is 5.84 Å². The number of nitrogens with zero attached hydrogens (tertiary/aromatic N) is 2. The van der Waals surface area contributed by atoms with Crippen LogP contribution in [0.2, 0.25) is 0 Å². The zero-order valence-corrected chi connectivity index (χ0v) is 14.8. The summed E-state index contributed by atoms with van der Waals surface area (Å²) < 4.78 is 0. The van der Waals surface area contributed by atoms with Crippen LogP contribution in [0.4, 0.5) is 5.69 Å². The number of aliphatic hydroxyl groups is 1. The number of anilines is 1. The van der Waals surface area contributed by atoms with Gasteiger partial charge in [-0.3, -0.25) is 5.41 Å². The van der Waals surface area contributed by atoms with E-state index in [0.717, 1.165) is 11.1 Å². The molecule has 6 N–H and O–H groups in total. The molecule has 0 fully saturated rings. The quantitative estimate of drug-likeness (QED) is 0.413. The number of aromatic hydroxyl groups is 1. The predicted molar refractivity (Wildman–Crippen MR) is 108 cm³/mol. The van der Waals surface area contributed by atoms with Gasteiger partial charge in [0.1, 0.15) is 29.7 Å². The van der Waals surface area contributed by atoms with Crippen molar-refractivity contribution in [3.05, 3.63) is 71.0 Å². The van der Waals surface area contributed by atoms with Crippen molar-refractivity contribution in [1.29, 1.82) is 5.41 Å². The van der Waals surface area contributed by atoms with Crippen LogP contribution in [0.25, 0.3) is 0 Å². The Labute approximate surface area is 157 Å². The first kappa shape index (κ1) is 18.2. The molecule has 3 rings (SSSR count). The lowest BCUT2D eigenvalue weighted by Gasteiger charge is -2.13. The highest BCUT2D eigenvalue weighted by Gasteiger charge is 2.15. The molecule has 0 radical (unpaired) electrons. The summed E-state index contributed by atoms with van der Waals surface area (Å²) in [6.07, 6.45) is 2.59. The molecule has 2 aromatic carbocycles. The highest BCUT2D eigenvalue weighted by atomic mass is 16.3. The molecule has 1 heterocycles. The van der Waals surface area contributed by atoms with Crippen LogP contribution in [0.3, 0.4) is 0 Å². The average molecular weight is 363 g/mol. The summed E-state index contributed by atoms with van der Waals surface area (Å²) in [5.74, 6) is 0.0388. The summed E-state index contributed by atoms with van der Waals surface area (Å²) in [5.41, 5.74) is 8.93. The van der Waals surface area contributed by atoms with Crippen LogP contribution in [-0.2, 0) is 6.42 Å². The third kappa shape index (κ3) is 4.52. The summed E-state index contributed by atoms with van der Waals surface area (Å²) in [6, 6.07) is 12.7. The van der Waals surface area contributed by atoms with Crippen molar-refractivity contribution < 1.29 is 10.2 Å². The van der Waals surface area contributed by atoms with Crippen LogP contribution in [-0.4, -0.2) is 34.3 Å². The molecule has 0 amide bonds. The van der Waals surface area contributed by atoms with Gasteiger partial charge >= 0.3 is 0 Å². The molecular formula is C20H21N5O2. The Bertz CT molecular complexity index is 945. The number of nitrogens with two attached hydrogens (primary N) is 1. The van der Waals surface area contributed by atoms with E-state index < -0.39 is 6.17 Å². The summed E-state index contributed by atoms with van der Waals surface area (Å²) >= 11 is 0. The molecule has 1 unspecified atom stereocenters. The Morgan fingerprint density at radius 2 is 1.93 bits per heavy atom. The van der Waals surface area contributed by atoms with Crippen LogP contribution in [0.5, 0.6) is 5.75 Å². The maximum Gasteiger partial charge on any atom is 0.143 e. The first-order valence-corrected chi connectivity index (χ1v) is 8.41. The van der Waals surface area contributed by atoms with Gasteiger partial charge in [0.25, 0.3) is 0 Å². The average Bonchev–Trinajstić information content (AvgIpc) is 2.79. The van der Waals surface area contributed by atoms with Crippen molar-refractivity contribution in [1.82, 2.24) is 0 Å². The van der Waals surface area contributed by atoms with Crippen LogP contribution in [0.15, 0.2) is 64.3 Å². The molecule has 0 saturated carbocycles. The van der Waals surface area contributed by atoms with E-state index in [-0.39, 0.29) is 23.8 Å². The number of aliphatic hydroxyl groups excluding tert-OH is 1. The van der Waals surface area contributed by atoms with Crippen LogP contribution in [0, 0.1) is 12.3 Å².